The van der Waals surface area contributed by atoms with Gasteiger partial charge < -0.3 is 9.84 Å². The highest BCUT2D eigenvalue weighted by molar-refractivity contribution is 7.58. The van der Waals surface area contributed by atoms with Crippen LogP contribution in [0.5, 0.6) is 0 Å². The van der Waals surface area contributed by atoms with E-state index in [2.05, 4.69) is 33.0 Å². The van der Waals surface area contributed by atoms with Crippen molar-refractivity contribution in [1.82, 2.24) is 5.32 Å². The van der Waals surface area contributed by atoms with Gasteiger partial charge in [0.1, 0.15) is 0 Å². The quantitative estimate of drug-likeness (QED) is 0.272. The van der Waals surface area contributed by atoms with Gasteiger partial charge in [-0.05, 0) is 38.8 Å². The molecule has 0 atom stereocenters. The van der Waals surface area contributed by atoms with Crippen LogP contribution in [0.25, 0.3) is 0 Å². The standard InChI is InChI=1S/C10H23N.C9H21O2P/c1-3-5-7-9-11-10-8-6-4-2;1-4-6-8-12(10,11-3)9-7-5-2/h11H,3-10H2,1-2H3;4-9H2,1-3H3. The molecule has 3 nitrogen and oxygen atoms in total. The molecule has 0 radical (unpaired) electrons. The van der Waals surface area contributed by atoms with Crippen LogP contribution in [0.2, 0.25) is 0 Å². The zero-order valence-electron chi connectivity index (χ0n) is 16.7. The summed E-state index contributed by atoms with van der Waals surface area (Å²) in [5, 5.41) is 3.46. The van der Waals surface area contributed by atoms with Gasteiger partial charge in [0.15, 0.2) is 0 Å². The van der Waals surface area contributed by atoms with Crippen LogP contribution in [-0.4, -0.2) is 32.5 Å². The summed E-state index contributed by atoms with van der Waals surface area (Å²) in [5.41, 5.74) is 0. The second kappa shape index (κ2) is 20.2. The van der Waals surface area contributed by atoms with Crippen LogP contribution in [0.3, 0.4) is 0 Å². The van der Waals surface area contributed by atoms with Gasteiger partial charge in [-0.1, -0.05) is 66.2 Å². The summed E-state index contributed by atoms with van der Waals surface area (Å²) in [7, 11) is -0.658. The van der Waals surface area contributed by atoms with E-state index in [0.717, 1.165) is 38.0 Å². The lowest BCUT2D eigenvalue weighted by molar-refractivity contribution is 0.390. The molecule has 0 spiro atoms. The first-order valence-corrected chi connectivity index (χ1v) is 11.9. The topological polar surface area (TPSA) is 38.3 Å². The van der Waals surface area contributed by atoms with Crippen molar-refractivity contribution < 1.29 is 9.09 Å². The highest BCUT2D eigenvalue weighted by Crippen LogP contribution is 2.47. The summed E-state index contributed by atoms with van der Waals surface area (Å²) >= 11 is 0. The van der Waals surface area contributed by atoms with Crippen molar-refractivity contribution in [3.63, 3.8) is 0 Å². The van der Waals surface area contributed by atoms with Gasteiger partial charge in [0.05, 0.1) is 0 Å². The summed E-state index contributed by atoms with van der Waals surface area (Å²) in [6.07, 6.45) is 13.9. The lowest BCUT2D eigenvalue weighted by Gasteiger charge is -2.14. The van der Waals surface area contributed by atoms with Gasteiger partial charge in [0, 0.05) is 19.4 Å². The Kier molecular flexibility index (Phi) is 22.3. The zero-order chi connectivity index (χ0) is 17.8. The molecule has 23 heavy (non-hydrogen) atoms. The Morgan fingerprint density at radius 1 is 0.696 bits per heavy atom. The lowest BCUT2D eigenvalue weighted by Crippen LogP contribution is -2.16. The van der Waals surface area contributed by atoms with Crippen LogP contribution in [0.15, 0.2) is 0 Å². The van der Waals surface area contributed by atoms with Crippen LogP contribution in [0.1, 0.15) is 91.9 Å². The monoisotopic (exact) mass is 349 g/mol. The predicted octanol–water partition coefficient (Wildman–Crippen LogP) is 6.47. The van der Waals surface area contributed by atoms with Crippen molar-refractivity contribution in [3.8, 4) is 0 Å². The maximum atomic E-state index is 11.9. The smallest absolute Gasteiger partial charge is 0.202 e. The molecule has 0 rings (SSSR count). The van der Waals surface area contributed by atoms with E-state index in [9.17, 15) is 4.57 Å². The highest BCUT2D eigenvalue weighted by Gasteiger charge is 2.19. The van der Waals surface area contributed by atoms with Crippen LogP contribution in [0, 0.1) is 0 Å². The Bertz CT molecular complexity index is 240. The molecule has 4 heteroatoms. The minimum atomic E-state index is -2.23. The second-order valence-corrected chi connectivity index (χ2v) is 9.20. The highest BCUT2D eigenvalue weighted by atomic mass is 31.2. The molecule has 0 bridgehead atoms. The molecule has 0 heterocycles. The number of hydrogen-bond acceptors (Lipinski definition) is 3. The van der Waals surface area contributed by atoms with Crippen LogP contribution in [0.4, 0.5) is 0 Å². The third-order valence-electron chi connectivity index (χ3n) is 3.95. The van der Waals surface area contributed by atoms with Crippen molar-refractivity contribution in [3.05, 3.63) is 0 Å². The van der Waals surface area contributed by atoms with Crippen molar-refractivity contribution in [2.75, 3.05) is 32.5 Å². The molecule has 0 amide bonds. The fraction of sp³-hybridized carbons (Fsp3) is 1.00. The fourth-order valence-electron chi connectivity index (χ4n) is 2.22. The summed E-state index contributed by atoms with van der Waals surface area (Å²) in [5.74, 6) is 0. The van der Waals surface area contributed by atoms with Crippen LogP contribution in [-0.2, 0) is 9.09 Å². The maximum absolute atomic E-state index is 11.9. The van der Waals surface area contributed by atoms with Crippen molar-refractivity contribution in [2.45, 2.75) is 91.9 Å². The van der Waals surface area contributed by atoms with E-state index in [4.69, 9.17) is 4.52 Å². The first-order valence-electron chi connectivity index (χ1n) is 9.94. The molecule has 0 aliphatic rings. The SMILES string of the molecule is CCCCCNCCCCC.CCCCP(=O)(CCCC)OC. The molecule has 0 fully saturated rings. The normalized spacial score (nSPS) is 11.2. The van der Waals surface area contributed by atoms with E-state index in [0.29, 0.717) is 0 Å². The Hall–Kier alpha value is 0.150. The molecule has 0 unspecified atom stereocenters. The van der Waals surface area contributed by atoms with E-state index < -0.39 is 7.37 Å². The third-order valence-corrected chi connectivity index (χ3v) is 6.61. The van der Waals surface area contributed by atoms with Crippen molar-refractivity contribution >= 4 is 7.37 Å². The summed E-state index contributed by atoms with van der Waals surface area (Å²) in [4.78, 5) is 0. The Labute approximate surface area is 146 Å². The molecule has 142 valence electrons. The first kappa shape index (κ1) is 25.4. The molecule has 0 aromatic rings. The molecular formula is C19H44NO2P. The number of unbranched alkanes of at least 4 members (excludes halogenated alkanes) is 6. The maximum Gasteiger partial charge on any atom is 0.202 e. The molecule has 0 aliphatic heterocycles. The third kappa shape index (κ3) is 20.1. The molecule has 0 aromatic heterocycles. The van der Waals surface area contributed by atoms with Gasteiger partial charge in [-0.3, -0.25) is 4.57 Å². The zero-order valence-corrected chi connectivity index (χ0v) is 17.6. The van der Waals surface area contributed by atoms with Gasteiger partial charge in [-0.2, -0.15) is 0 Å². The Morgan fingerprint density at radius 3 is 1.39 bits per heavy atom. The van der Waals surface area contributed by atoms with Gasteiger partial charge in [0.25, 0.3) is 0 Å². The van der Waals surface area contributed by atoms with E-state index in [1.807, 2.05) is 0 Å². The van der Waals surface area contributed by atoms with E-state index in [1.54, 1.807) is 7.11 Å². The van der Waals surface area contributed by atoms with Crippen molar-refractivity contribution in [1.29, 1.82) is 0 Å². The van der Waals surface area contributed by atoms with Gasteiger partial charge in [-0.15, -0.1) is 0 Å². The number of nitrogens with one attached hydrogen (secondary N) is 1. The Balaban J connectivity index is 0. The summed E-state index contributed by atoms with van der Waals surface area (Å²) in [6, 6.07) is 0. The molecule has 0 aromatic carbocycles. The number of rotatable bonds is 15. The molecule has 0 saturated heterocycles. The van der Waals surface area contributed by atoms with E-state index >= 15 is 0 Å². The molecular weight excluding hydrogens is 305 g/mol. The predicted molar refractivity (Wildman–Crippen MR) is 106 cm³/mol. The number of hydrogen-bond donors (Lipinski definition) is 1. The molecule has 0 aliphatic carbocycles. The fourth-order valence-corrected chi connectivity index (χ4v) is 4.40. The summed E-state index contributed by atoms with van der Waals surface area (Å²) in [6.45, 7) is 11.2. The minimum absolute atomic E-state index is 0.764. The van der Waals surface area contributed by atoms with Crippen LogP contribution >= 0.6 is 7.37 Å². The van der Waals surface area contributed by atoms with Gasteiger partial charge >= 0.3 is 0 Å². The minimum Gasteiger partial charge on any atom is -0.332 e. The second-order valence-electron chi connectivity index (χ2n) is 6.32. The van der Waals surface area contributed by atoms with E-state index in [1.165, 1.54) is 51.6 Å². The summed E-state index contributed by atoms with van der Waals surface area (Å²) < 4.78 is 17.0. The van der Waals surface area contributed by atoms with Crippen LogP contribution < -0.4 is 5.32 Å². The van der Waals surface area contributed by atoms with Crippen molar-refractivity contribution in [2.24, 2.45) is 0 Å². The van der Waals surface area contributed by atoms with Gasteiger partial charge in [-0.25, -0.2) is 0 Å². The average Bonchev–Trinajstić information content (AvgIpc) is 2.58. The molecule has 1 N–H and O–H groups in total. The van der Waals surface area contributed by atoms with E-state index in [-0.39, 0.29) is 0 Å². The van der Waals surface area contributed by atoms with Gasteiger partial charge in [0.2, 0.25) is 7.37 Å². The lowest BCUT2D eigenvalue weighted by atomic mass is 10.2. The Morgan fingerprint density at radius 2 is 1.09 bits per heavy atom. The first-order chi connectivity index (χ1) is 11.1. The largest absolute Gasteiger partial charge is 0.332 e. The average molecular weight is 350 g/mol. The molecule has 0 saturated carbocycles.